The van der Waals surface area contributed by atoms with E-state index in [1.54, 1.807) is 0 Å². The van der Waals surface area contributed by atoms with Gasteiger partial charge in [0.1, 0.15) is 0 Å². The third-order valence-electron chi connectivity index (χ3n) is 3.25. The van der Waals surface area contributed by atoms with Crippen LogP contribution in [0.5, 0.6) is 0 Å². The number of nitrogens with zero attached hydrogens (tertiary/aromatic N) is 1. The van der Waals surface area contributed by atoms with E-state index in [9.17, 15) is 4.79 Å². The zero-order valence-corrected chi connectivity index (χ0v) is 11.4. The Hall–Kier alpha value is -2.62. The number of amides is 1. The third kappa shape index (κ3) is 2.28. The molecule has 1 heterocycles. The van der Waals surface area contributed by atoms with Crippen molar-refractivity contribution in [1.29, 1.82) is 0 Å². The fourth-order valence-corrected chi connectivity index (χ4v) is 2.11. The predicted molar refractivity (Wildman–Crippen MR) is 80.0 cm³/mol. The zero-order valence-electron chi connectivity index (χ0n) is 11.4. The Bertz CT molecular complexity index is 756. The summed E-state index contributed by atoms with van der Waals surface area (Å²) in [5, 5.41) is 2.90. The fourth-order valence-electron chi connectivity index (χ4n) is 2.11. The lowest BCUT2D eigenvalue weighted by Gasteiger charge is -2.07. The molecule has 3 rings (SSSR count). The lowest BCUT2D eigenvalue weighted by Crippen LogP contribution is -2.14. The number of aromatic amines is 1. The number of rotatable bonds is 2. The van der Waals surface area contributed by atoms with Crippen LogP contribution in [0.3, 0.4) is 0 Å². The van der Waals surface area contributed by atoms with Crippen LogP contribution in [0.2, 0.25) is 0 Å². The molecule has 3 aromatic rings. The van der Waals surface area contributed by atoms with E-state index in [1.165, 1.54) is 0 Å². The molecule has 1 amide bonds. The summed E-state index contributed by atoms with van der Waals surface area (Å²) < 4.78 is 0. The molecule has 0 bridgehead atoms. The molecule has 2 N–H and O–H groups in total. The van der Waals surface area contributed by atoms with Crippen molar-refractivity contribution in [2.24, 2.45) is 0 Å². The topological polar surface area (TPSA) is 57.8 Å². The van der Waals surface area contributed by atoms with Gasteiger partial charge in [0.2, 0.25) is 0 Å². The number of benzene rings is 2. The molecule has 100 valence electrons. The van der Waals surface area contributed by atoms with Gasteiger partial charge in [-0.25, -0.2) is 4.98 Å². The van der Waals surface area contributed by atoms with Crippen molar-refractivity contribution in [3.8, 4) is 0 Å². The Morgan fingerprint density at radius 3 is 2.75 bits per heavy atom. The SMILES string of the molecule is Cc1ccc(C)c(NC(=O)c2nc3ccccc3[nH]2)c1. The summed E-state index contributed by atoms with van der Waals surface area (Å²) in [6, 6.07) is 13.5. The van der Waals surface area contributed by atoms with Crippen LogP contribution in [0.25, 0.3) is 11.0 Å². The second-order valence-corrected chi connectivity index (χ2v) is 4.88. The van der Waals surface area contributed by atoms with Gasteiger partial charge in [0.25, 0.3) is 5.91 Å². The Morgan fingerprint density at radius 1 is 1.15 bits per heavy atom. The van der Waals surface area contributed by atoms with Crippen molar-refractivity contribution in [3.05, 3.63) is 59.4 Å². The van der Waals surface area contributed by atoms with Crippen molar-refractivity contribution in [3.63, 3.8) is 0 Å². The second kappa shape index (κ2) is 4.81. The minimum atomic E-state index is -0.227. The Kier molecular flexibility index (Phi) is 2.99. The van der Waals surface area contributed by atoms with E-state index < -0.39 is 0 Å². The van der Waals surface area contributed by atoms with Crippen molar-refractivity contribution < 1.29 is 4.79 Å². The number of carbonyl (C=O) groups is 1. The number of carbonyl (C=O) groups excluding carboxylic acids is 1. The maximum absolute atomic E-state index is 12.2. The van der Waals surface area contributed by atoms with E-state index in [0.717, 1.165) is 27.8 Å². The van der Waals surface area contributed by atoms with E-state index in [1.807, 2.05) is 56.3 Å². The summed E-state index contributed by atoms with van der Waals surface area (Å²) in [5.41, 5.74) is 4.60. The highest BCUT2D eigenvalue weighted by atomic mass is 16.2. The highest BCUT2D eigenvalue weighted by Gasteiger charge is 2.12. The highest BCUT2D eigenvalue weighted by Crippen LogP contribution is 2.18. The molecule has 0 saturated carbocycles. The molecule has 0 atom stereocenters. The van der Waals surface area contributed by atoms with E-state index in [4.69, 9.17) is 0 Å². The Labute approximate surface area is 116 Å². The third-order valence-corrected chi connectivity index (χ3v) is 3.25. The van der Waals surface area contributed by atoms with Gasteiger partial charge in [-0.15, -0.1) is 0 Å². The molecule has 0 radical (unpaired) electrons. The van der Waals surface area contributed by atoms with Crippen LogP contribution in [0.15, 0.2) is 42.5 Å². The number of nitrogens with one attached hydrogen (secondary N) is 2. The van der Waals surface area contributed by atoms with Crippen LogP contribution in [0.4, 0.5) is 5.69 Å². The molecule has 4 heteroatoms. The molecule has 2 aromatic carbocycles. The standard InChI is InChI=1S/C16H15N3O/c1-10-7-8-11(2)14(9-10)19-16(20)15-17-12-5-3-4-6-13(12)18-15/h3-9H,1-2H3,(H,17,18)(H,19,20). The average Bonchev–Trinajstić information content (AvgIpc) is 2.87. The molecule has 0 fully saturated rings. The van der Waals surface area contributed by atoms with Gasteiger partial charge in [-0.05, 0) is 43.2 Å². The van der Waals surface area contributed by atoms with Gasteiger partial charge >= 0.3 is 0 Å². The number of hydrogen-bond donors (Lipinski definition) is 2. The van der Waals surface area contributed by atoms with Gasteiger partial charge in [0.15, 0.2) is 5.82 Å². The quantitative estimate of drug-likeness (QED) is 0.745. The monoisotopic (exact) mass is 265 g/mol. The normalized spacial score (nSPS) is 10.7. The van der Waals surface area contributed by atoms with Gasteiger partial charge in [-0.2, -0.15) is 0 Å². The number of aromatic nitrogens is 2. The summed E-state index contributed by atoms with van der Waals surface area (Å²) in [4.78, 5) is 19.6. The summed E-state index contributed by atoms with van der Waals surface area (Å²) in [6.07, 6.45) is 0. The molecule has 0 spiro atoms. The Morgan fingerprint density at radius 2 is 1.95 bits per heavy atom. The van der Waals surface area contributed by atoms with Gasteiger partial charge in [-0.3, -0.25) is 4.79 Å². The van der Waals surface area contributed by atoms with Crippen LogP contribution >= 0.6 is 0 Å². The van der Waals surface area contributed by atoms with E-state index >= 15 is 0 Å². The summed E-state index contributed by atoms with van der Waals surface area (Å²) in [7, 11) is 0. The maximum Gasteiger partial charge on any atom is 0.291 e. The molecule has 1 aromatic heterocycles. The van der Waals surface area contributed by atoms with E-state index in [0.29, 0.717) is 5.82 Å². The van der Waals surface area contributed by atoms with Crippen LogP contribution in [-0.4, -0.2) is 15.9 Å². The van der Waals surface area contributed by atoms with Gasteiger partial charge in [0, 0.05) is 5.69 Å². The minimum Gasteiger partial charge on any atom is -0.334 e. The first kappa shape index (κ1) is 12.4. The van der Waals surface area contributed by atoms with E-state index in [-0.39, 0.29) is 5.91 Å². The van der Waals surface area contributed by atoms with Gasteiger partial charge < -0.3 is 10.3 Å². The molecular weight excluding hydrogens is 250 g/mol. The first-order valence-corrected chi connectivity index (χ1v) is 6.47. The lowest BCUT2D eigenvalue weighted by molar-refractivity contribution is 0.101. The van der Waals surface area contributed by atoms with Crippen LogP contribution in [0.1, 0.15) is 21.7 Å². The van der Waals surface area contributed by atoms with Crippen LogP contribution < -0.4 is 5.32 Å². The predicted octanol–water partition coefficient (Wildman–Crippen LogP) is 3.43. The molecule has 4 nitrogen and oxygen atoms in total. The first-order valence-electron chi connectivity index (χ1n) is 6.47. The summed E-state index contributed by atoms with van der Waals surface area (Å²) in [5.74, 6) is 0.0991. The zero-order chi connectivity index (χ0) is 14.1. The number of anilines is 1. The highest BCUT2D eigenvalue weighted by molar-refractivity contribution is 6.03. The number of imidazole rings is 1. The maximum atomic E-state index is 12.2. The van der Waals surface area contributed by atoms with E-state index in [2.05, 4.69) is 15.3 Å². The molecule has 20 heavy (non-hydrogen) atoms. The fraction of sp³-hybridized carbons (Fsp3) is 0.125. The number of hydrogen-bond acceptors (Lipinski definition) is 2. The molecule has 0 unspecified atom stereocenters. The van der Waals surface area contributed by atoms with Crippen LogP contribution in [0, 0.1) is 13.8 Å². The first-order chi connectivity index (χ1) is 9.63. The number of H-pyrrole nitrogens is 1. The van der Waals surface area contributed by atoms with Crippen molar-refractivity contribution in [2.75, 3.05) is 5.32 Å². The summed E-state index contributed by atoms with van der Waals surface area (Å²) in [6.45, 7) is 3.96. The summed E-state index contributed by atoms with van der Waals surface area (Å²) >= 11 is 0. The van der Waals surface area contributed by atoms with Gasteiger partial charge in [-0.1, -0.05) is 24.3 Å². The van der Waals surface area contributed by atoms with Crippen molar-refractivity contribution >= 4 is 22.6 Å². The Balaban J connectivity index is 1.90. The number of aryl methyl sites for hydroxylation is 2. The average molecular weight is 265 g/mol. The largest absolute Gasteiger partial charge is 0.334 e. The molecule has 0 saturated heterocycles. The van der Waals surface area contributed by atoms with Gasteiger partial charge in [0.05, 0.1) is 11.0 Å². The molecule has 0 aliphatic rings. The van der Waals surface area contributed by atoms with Crippen molar-refractivity contribution in [2.45, 2.75) is 13.8 Å². The van der Waals surface area contributed by atoms with Crippen LogP contribution in [-0.2, 0) is 0 Å². The number of para-hydroxylation sites is 2. The molecule has 0 aliphatic carbocycles. The second-order valence-electron chi connectivity index (χ2n) is 4.88. The number of fused-ring (bicyclic) bond motifs is 1. The minimum absolute atomic E-state index is 0.227. The van der Waals surface area contributed by atoms with Crippen molar-refractivity contribution in [1.82, 2.24) is 9.97 Å². The lowest BCUT2D eigenvalue weighted by atomic mass is 10.1. The smallest absolute Gasteiger partial charge is 0.291 e. The molecule has 0 aliphatic heterocycles. The molecular formula is C16H15N3O.